The van der Waals surface area contributed by atoms with Gasteiger partial charge in [0.15, 0.2) is 0 Å². The van der Waals surface area contributed by atoms with Gasteiger partial charge in [0.25, 0.3) is 17.7 Å². The van der Waals surface area contributed by atoms with Crippen LogP contribution in [-0.4, -0.2) is 88.0 Å². The summed E-state index contributed by atoms with van der Waals surface area (Å²) >= 11 is 74.6. The topological polar surface area (TPSA) is 216 Å². The van der Waals surface area contributed by atoms with E-state index in [9.17, 15) is 33.9 Å². The lowest BCUT2D eigenvalue weighted by Gasteiger charge is -2.18. The summed E-state index contributed by atoms with van der Waals surface area (Å²) in [7, 11) is 2.52. The van der Waals surface area contributed by atoms with E-state index < -0.39 is 53.8 Å². The zero-order chi connectivity index (χ0) is 74.6. The summed E-state index contributed by atoms with van der Waals surface area (Å²) in [5.74, 6) is -4.17. The van der Waals surface area contributed by atoms with Crippen molar-refractivity contribution in [3.05, 3.63) is 294 Å². The van der Waals surface area contributed by atoms with E-state index in [2.05, 4.69) is 30.9 Å². The lowest BCUT2D eigenvalue weighted by molar-refractivity contribution is -0.143. The van der Waals surface area contributed by atoms with Crippen molar-refractivity contribution < 1.29 is 43.3 Å². The molecule has 3 unspecified atom stereocenters. The number of pyridine rings is 3. The predicted molar refractivity (Wildman–Crippen MR) is 418 cm³/mol. The minimum Gasteiger partial charge on any atom is -0.480 e. The van der Waals surface area contributed by atoms with Crippen molar-refractivity contribution >= 4 is 208 Å². The number of carbonyl (C=O) groups excluding carboxylic acids is 5. The van der Waals surface area contributed by atoms with Gasteiger partial charge in [0.1, 0.15) is 18.1 Å². The number of hydrogen-bond acceptors (Lipinski definition) is 11. The first-order chi connectivity index (χ1) is 49.8. The summed E-state index contributed by atoms with van der Waals surface area (Å²) in [6.07, 6.45) is 0.431. The van der Waals surface area contributed by atoms with Gasteiger partial charge in [0.05, 0.1) is 125 Å². The number of methoxy groups -OCH3 is 2. The SMILES string of the molecule is COC(=O)C(Cc1ccc2nc(-c3c(Cl)cccc3Cl)ccc2c1)NC(=O)c1c(Cl)cccc1Cl.COC(=O)C(Cc1ccc2nc(-c3c(Cl)cccc3Cl)ccc2c1)NC(=O)c1c(Cl)cccc1Cl.O=C(NC(Cc1ccc2nc(-c3c(Cl)cccc3Cl)ccc2c1)C(=O)O)c1c(Cl)cccc1Cl. The van der Waals surface area contributed by atoms with Crippen LogP contribution in [0.2, 0.25) is 60.3 Å². The number of benzene rings is 9. The van der Waals surface area contributed by atoms with Crippen LogP contribution in [0.1, 0.15) is 47.8 Å². The van der Waals surface area contributed by atoms with E-state index in [-0.39, 0.29) is 66.1 Å². The Morgan fingerprint density at radius 1 is 0.327 bits per heavy atom. The van der Waals surface area contributed by atoms with Gasteiger partial charge in [-0.05, 0) is 144 Å². The van der Waals surface area contributed by atoms with Gasteiger partial charge in [-0.25, -0.2) is 29.3 Å². The molecule has 12 aromatic rings. The Balaban J connectivity index is 0.000000167. The van der Waals surface area contributed by atoms with E-state index in [0.717, 1.165) is 38.3 Å². The maximum atomic E-state index is 12.8. The lowest BCUT2D eigenvalue weighted by atomic mass is 10.0. The molecular weight excluding hydrogens is 1580 g/mol. The highest BCUT2D eigenvalue weighted by atomic mass is 35.5. The number of hydrogen-bond donors (Lipinski definition) is 4. The molecule has 528 valence electrons. The molecule has 0 saturated carbocycles. The molecule has 3 atom stereocenters. The Kier molecular flexibility index (Phi) is 26.7. The molecule has 0 saturated heterocycles. The number of nitrogens with zero attached hydrogens (tertiary/aromatic N) is 3. The van der Waals surface area contributed by atoms with Gasteiger partial charge in [0.2, 0.25) is 0 Å². The van der Waals surface area contributed by atoms with Crippen LogP contribution in [0.15, 0.2) is 200 Å². The highest BCUT2D eigenvalue weighted by Crippen LogP contribution is 2.38. The molecular formula is C77H52Cl12N6O9. The minimum atomic E-state index is -1.19. The number of nitrogens with one attached hydrogen (secondary N) is 3. The quantitative estimate of drug-likeness (QED) is 0.0590. The fourth-order valence-electron chi connectivity index (χ4n) is 11.0. The van der Waals surface area contributed by atoms with Crippen molar-refractivity contribution in [1.29, 1.82) is 0 Å². The summed E-state index contributed by atoms with van der Waals surface area (Å²) in [4.78, 5) is 89.1. The molecule has 0 spiro atoms. The van der Waals surface area contributed by atoms with Crippen molar-refractivity contribution in [2.45, 2.75) is 37.4 Å². The van der Waals surface area contributed by atoms with E-state index >= 15 is 0 Å². The molecule has 0 aliphatic heterocycles. The summed E-state index contributed by atoms with van der Waals surface area (Å²) < 4.78 is 9.80. The van der Waals surface area contributed by atoms with Crippen LogP contribution >= 0.6 is 139 Å². The number of halogens is 12. The molecule has 3 aromatic heterocycles. The van der Waals surface area contributed by atoms with Gasteiger partial charge in [-0.15, -0.1) is 0 Å². The van der Waals surface area contributed by atoms with Gasteiger partial charge in [-0.1, -0.05) is 212 Å². The first-order valence-corrected chi connectivity index (χ1v) is 35.5. The Labute approximate surface area is 655 Å². The number of aromatic nitrogens is 3. The van der Waals surface area contributed by atoms with Gasteiger partial charge < -0.3 is 30.5 Å². The van der Waals surface area contributed by atoms with E-state index in [4.69, 9.17) is 149 Å². The van der Waals surface area contributed by atoms with Crippen LogP contribution in [0.4, 0.5) is 0 Å². The number of carbonyl (C=O) groups is 6. The van der Waals surface area contributed by atoms with Crippen LogP contribution in [0.3, 0.4) is 0 Å². The Hall–Kier alpha value is -8.49. The van der Waals surface area contributed by atoms with Gasteiger partial charge in [0, 0.05) is 52.1 Å². The van der Waals surface area contributed by atoms with Gasteiger partial charge in [-0.2, -0.15) is 0 Å². The number of ether oxygens (including phenoxy) is 2. The highest BCUT2D eigenvalue weighted by molar-refractivity contribution is 6.43. The van der Waals surface area contributed by atoms with E-state index in [1.165, 1.54) is 26.4 Å². The van der Waals surface area contributed by atoms with Crippen molar-refractivity contribution in [2.75, 3.05) is 14.2 Å². The van der Waals surface area contributed by atoms with Crippen LogP contribution < -0.4 is 16.0 Å². The molecule has 104 heavy (non-hydrogen) atoms. The molecule has 27 heteroatoms. The summed E-state index contributed by atoms with van der Waals surface area (Å²) in [5, 5.41) is 24.1. The highest BCUT2D eigenvalue weighted by Gasteiger charge is 2.29. The van der Waals surface area contributed by atoms with E-state index in [1.54, 1.807) is 115 Å². The fraction of sp³-hybridized carbons (Fsp3) is 0.104. The molecule has 9 aromatic carbocycles. The average Bonchev–Trinajstić information content (AvgIpc) is 0.815. The monoisotopic (exact) mass is 1620 g/mol. The number of rotatable bonds is 18. The van der Waals surface area contributed by atoms with Crippen molar-refractivity contribution in [3.8, 4) is 33.8 Å². The standard InChI is InChI=1S/2C26H18Cl4N2O3.C25H16Cl4N2O3/c2*1-35-26(34)22(32-25(33)24-18(29)6-3-7-19(24)30)13-14-8-10-20-15(12-14)9-11-21(31-20)23-16(27)4-2-5-17(23)28;26-15-3-1-4-16(27)22(15)20-10-8-14-11-13(7-9-19(14)30-20)12-21(25(33)34)31-24(32)23-17(28)5-2-6-18(23)29/h2*2-12,22H,13H2,1H3,(H,32,33);1-11,21H,12H2,(H,31,32)(H,33,34). The Morgan fingerprint density at radius 3 is 0.798 bits per heavy atom. The minimum absolute atomic E-state index is 0.0329. The third kappa shape index (κ3) is 18.9. The predicted octanol–water partition coefficient (Wildman–Crippen LogP) is 21.0. The maximum Gasteiger partial charge on any atom is 0.328 e. The number of amides is 3. The first kappa shape index (κ1) is 78.1. The normalized spacial score (nSPS) is 11.8. The molecule has 12 rings (SSSR count). The third-order valence-electron chi connectivity index (χ3n) is 16.0. The summed E-state index contributed by atoms with van der Waals surface area (Å²) in [6, 6.07) is 54.4. The second kappa shape index (κ2) is 35.5. The van der Waals surface area contributed by atoms with Crippen molar-refractivity contribution in [1.82, 2.24) is 30.9 Å². The smallest absolute Gasteiger partial charge is 0.328 e. The molecule has 0 aliphatic rings. The molecule has 3 amide bonds. The molecule has 3 heterocycles. The number of aliphatic carboxylic acids is 1. The number of fused-ring (bicyclic) bond motifs is 3. The van der Waals surface area contributed by atoms with Crippen LogP contribution in [0, 0.1) is 0 Å². The zero-order valence-corrected chi connectivity index (χ0v) is 63.1. The maximum absolute atomic E-state index is 12.8. The fourth-order valence-corrected chi connectivity index (χ4v) is 14.4. The van der Waals surface area contributed by atoms with Gasteiger partial charge in [-0.3, -0.25) is 14.4 Å². The zero-order valence-electron chi connectivity index (χ0n) is 54.0. The molecule has 4 N–H and O–H groups in total. The third-order valence-corrected chi connectivity index (χ3v) is 19.8. The Morgan fingerprint density at radius 2 is 0.558 bits per heavy atom. The molecule has 0 fully saturated rings. The molecule has 15 nitrogen and oxygen atoms in total. The Bertz CT molecular complexity index is 5000. The van der Waals surface area contributed by atoms with Gasteiger partial charge >= 0.3 is 17.9 Å². The molecule has 0 aliphatic carbocycles. The second-order valence-electron chi connectivity index (χ2n) is 22.8. The first-order valence-electron chi connectivity index (χ1n) is 31.0. The lowest BCUT2D eigenvalue weighted by Crippen LogP contribution is -2.43. The second-order valence-corrected chi connectivity index (χ2v) is 27.7. The summed E-state index contributed by atoms with van der Waals surface area (Å²) in [6.45, 7) is 0. The van der Waals surface area contributed by atoms with Crippen LogP contribution in [-0.2, 0) is 43.1 Å². The average molecular weight is 1630 g/mol. The summed E-state index contributed by atoms with van der Waals surface area (Å²) in [5.41, 5.74) is 8.55. The molecule has 0 radical (unpaired) electrons. The number of esters is 2. The van der Waals surface area contributed by atoms with Crippen molar-refractivity contribution in [3.63, 3.8) is 0 Å². The number of carboxylic acids is 1. The largest absolute Gasteiger partial charge is 0.480 e. The van der Waals surface area contributed by atoms with E-state index in [0.29, 0.717) is 75.0 Å². The van der Waals surface area contributed by atoms with Crippen LogP contribution in [0.25, 0.3) is 66.5 Å². The molecule has 0 bridgehead atoms. The van der Waals surface area contributed by atoms with Crippen molar-refractivity contribution in [2.24, 2.45) is 0 Å². The number of carboxylic acid groups (broad SMARTS) is 1. The van der Waals surface area contributed by atoms with Crippen LogP contribution in [0.5, 0.6) is 0 Å². The van der Waals surface area contributed by atoms with E-state index in [1.807, 2.05) is 72.8 Å².